The maximum Gasteiger partial charge on any atom is 0.237 e. The molecule has 2 aromatic carbocycles. The van der Waals surface area contributed by atoms with Crippen molar-refractivity contribution in [2.75, 3.05) is 5.32 Å². The number of amides is 1. The lowest BCUT2D eigenvalue weighted by Gasteiger charge is -2.42. The summed E-state index contributed by atoms with van der Waals surface area (Å²) in [5, 5.41) is 6.40. The highest BCUT2D eigenvalue weighted by Crippen LogP contribution is 2.53. The van der Waals surface area contributed by atoms with Crippen molar-refractivity contribution < 1.29 is 18.3 Å². The molecule has 1 fully saturated rings. The van der Waals surface area contributed by atoms with Gasteiger partial charge in [-0.1, -0.05) is 29.9 Å². The van der Waals surface area contributed by atoms with E-state index in [4.69, 9.17) is 28.6 Å². The van der Waals surface area contributed by atoms with Gasteiger partial charge in [0.1, 0.15) is 11.2 Å². The normalized spacial score (nSPS) is 23.2. The van der Waals surface area contributed by atoms with Gasteiger partial charge in [-0.05, 0) is 56.5 Å². The molecule has 0 radical (unpaired) electrons. The quantitative estimate of drug-likeness (QED) is 0.661. The van der Waals surface area contributed by atoms with Gasteiger partial charge in [-0.15, -0.1) is 0 Å². The summed E-state index contributed by atoms with van der Waals surface area (Å²) >= 11 is 11.4. The third kappa shape index (κ3) is 3.16. The Hall–Kier alpha value is -2.25. The summed E-state index contributed by atoms with van der Waals surface area (Å²) in [5.41, 5.74) is 0.0152. The highest BCUT2D eigenvalue weighted by Gasteiger charge is 2.56. The molecule has 1 saturated heterocycles. The third-order valence-electron chi connectivity index (χ3n) is 5.40. The number of anilines is 1. The molecule has 0 bridgehead atoms. The minimum absolute atomic E-state index is 0.0429. The first kappa shape index (κ1) is 20.0. The molecule has 29 heavy (non-hydrogen) atoms. The Morgan fingerprint density at radius 3 is 2.76 bits per heavy atom. The molecule has 2 aliphatic rings. The third-order valence-corrected chi connectivity index (χ3v) is 5.96. The Bertz CT molecular complexity index is 1030. The SMILES string of the molecule is CC(C)Oc1ccc(F)c(F)c1[C@H]1NC(=S)CC[C@]12C(=O)Nc1cc(Cl)ccc12. The average molecular weight is 437 g/mol. The number of benzene rings is 2. The Kier molecular flexibility index (Phi) is 4.99. The predicted molar refractivity (Wildman–Crippen MR) is 112 cm³/mol. The molecule has 0 saturated carbocycles. The Balaban J connectivity index is 1.96. The number of nitrogens with one attached hydrogen (secondary N) is 2. The summed E-state index contributed by atoms with van der Waals surface area (Å²) in [6, 6.07) is 6.55. The second kappa shape index (κ2) is 7.22. The van der Waals surface area contributed by atoms with Crippen molar-refractivity contribution in [3.63, 3.8) is 0 Å². The summed E-state index contributed by atoms with van der Waals surface area (Å²) in [4.78, 5) is 13.7. The molecular weight excluding hydrogens is 418 g/mol. The van der Waals surface area contributed by atoms with E-state index < -0.39 is 23.1 Å². The van der Waals surface area contributed by atoms with Gasteiger partial charge in [0.25, 0.3) is 0 Å². The van der Waals surface area contributed by atoms with Crippen molar-refractivity contribution in [3.8, 4) is 5.75 Å². The number of rotatable bonds is 3. The van der Waals surface area contributed by atoms with Crippen molar-refractivity contribution in [2.24, 2.45) is 0 Å². The van der Waals surface area contributed by atoms with Gasteiger partial charge >= 0.3 is 0 Å². The maximum absolute atomic E-state index is 15.1. The number of hydrogen-bond donors (Lipinski definition) is 2. The molecule has 2 heterocycles. The van der Waals surface area contributed by atoms with Crippen LogP contribution in [0.15, 0.2) is 30.3 Å². The van der Waals surface area contributed by atoms with Gasteiger partial charge < -0.3 is 15.4 Å². The monoisotopic (exact) mass is 436 g/mol. The van der Waals surface area contributed by atoms with Gasteiger partial charge in [-0.2, -0.15) is 0 Å². The molecular formula is C21H19ClF2N2O2S. The van der Waals surface area contributed by atoms with Gasteiger partial charge in [0.15, 0.2) is 11.6 Å². The van der Waals surface area contributed by atoms with E-state index in [0.717, 1.165) is 6.07 Å². The topological polar surface area (TPSA) is 50.4 Å². The van der Waals surface area contributed by atoms with E-state index >= 15 is 4.39 Å². The van der Waals surface area contributed by atoms with Crippen molar-refractivity contribution >= 4 is 40.4 Å². The van der Waals surface area contributed by atoms with Crippen LogP contribution in [0.5, 0.6) is 5.75 Å². The molecule has 1 amide bonds. The smallest absolute Gasteiger partial charge is 0.237 e. The highest BCUT2D eigenvalue weighted by molar-refractivity contribution is 7.80. The van der Waals surface area contributed by atoms with Crippen LogP contribution in [0.1, 0.15) is 43.9 Å². The van der Waals surface area contributed by atoms with Crippen molar-refractivity contribution in [2.45, 2.75) is 44.2 Å². The van der Waals surface area contributed by atoms with E-state index in [0.29, 0.717) is 34.1 Å². The molecule has 152 valence electrons. The molecule has 1 spiro atoms. The van der Waals surface area contributed by atoms with Crippen LogP contribution in [-0.4, -0.2) is 17.0 Å². The van der Waals surface area contributed by atoms with E-state index in [2.05, 4.69) is 10.6 Å². The molecule has 8 heteroatoms. The van der Waals surface area contributed by atoms with Crippen LogP contribution in [0, 0.1) is 11.6 Å². The molecule has 2 N–H and O–H groups in total. The van der Waals surface area contributed by atoms with Crippen molar-refractivity contribution in [1.82, 2.24) is 5.32 Å². The molecule has 0 aliphatic carbocycles. The first-order valence-corrected chi connectivity index (χ1v) is 10.1. The summed E-state index contributed by atoms with van der Waals surface area (Å²) in [5.74, 6) is -2.20. The van der Waals surface area contributed by atoms with Crippen LogP contribution in [0.2, 0.25) is 5.02 Å². The number of piperidine rings is 1. The van der Waals surface area contributed by atoms with E-state index in [-0.39, 0.29) is 23.3 Å². The summed E-state index contributed by atoms with van der Waals surface area (Å²) in [6.07, 6.45) is 0.522. The zero-order valence-corrected chi connectivity index (χ0v) is 17.4. The number of halogens is 3. The molecule has 4 nitrogen and oxygen atoms in total. The highest BCUT2D eigenvalue weighted by atomic mass is 35.5. The lowest BCUT2D eigenvalue weighted by atomic mass is 9.67. The molecule has 0 aromatic heterocycles. The van der Waals surface area contributed by atoms with Crippen LogP contribution >= 0.6 is 23.8 Å². The van der Waals surface area contributed by atoms with Crippen LogP contribution in [0.3, 0.4) is 0 Å². The van der Waals surface area contributed by atoms with E-state index in [1.165, 1.54) is 6.07 Å². The molecule has 0 unspecified atom stereocenters. The Labute approximate surface area is 177 Å². The Morgan fingerprint density at radius 1 is 1.28 bits per heavy atom. The fraction of sp³-hybridized carbons (Fsp3) is 0.333. The van der Waals surface area contributed by atoms with Crippen molar-refractivity contribution in [3.05, 3.63) is 58.1 Å². The molecule has 2 aliphatic heterocycles. The Morgan fingerprint density at radius 2 is 2.03 bits per heavy atom. The second-order valence-electron chi connectivity index (χ2n) is 7.56. The number of thiocarbonyl (C=S) groups is 1. The summed E-state index contributed by atoms with van der Waals surface area (Å²) in [6.45, 7) is 3.58. The minimum atomic E-state index is -1.17. The molecule has 4 rings (SSSR count). The standard InChI is InChI=1S/C21H19ClF2N2O2S/c1-10(2)28-15-6-5-13(23)18(24)17(15)19-21(8-7-16(29)26-19)12-4-3-11(22)9-14(12)25-20(21)27/h3-6,9-10,19H,7-8H2,1-2H3,(H,25,27)(H,26,29)/t19-,21-/m1/s1. The van der Waals surface area contributed by atoms with Gasteiger partial charge in [-0.25, -0.2) is 8.78 Å². The number of carbonyl (C=O) groups excluding carboxylic acids is 1. The fourth-order valence-electron chi connectivity index (χ4n) is 4.20. The van der Waals surface area contributed by atoms with Crippen LogP contribution in [0.4, 0.5) is 14.5 Å². The minimum Gasteiger partial charge on any atom is -0.491 e. The predicted octanol–water partition coefficient (Wildman–Crippen LogP) is 5.05. The summed E-state index contributed by atoms with van der Waals surface area (Å²) < 4.78 is 35.2. The van der Waals surface area contributed by atoms with E-state index in [1.54, 1.807) is 32.0 Å². The zero-order chi connectivity index (χ0) is 20.9. The lowest BCUT2D eigenvalue weighted by molar-refractivity contribution is -0.122. The number of hydrogen-bond acceptors (Lipinski definition) is 3. The number of ether oxygens (including phenoxy) is 1. The van der Waals surface area contributed by atoms with Crippen molar-refractivity contribution in [1.29, 1.82) is 0 Å². The maximum atomic E-state index is 15.1. The first-order chi connectivity index (χ1) is 13.7. The summed E-state index contributed by atoms with van der Waals surface area (Å²) in [7, 11) is 0. The second-order valence-corrected chi connectivity index (χ2v) is 8.48. The average Bonchev–Trinajstić information content (AvgIpc) is 2.92. The van der Waals surface area contributed by atoms with Crippen LogP contribution in [-0.2, 0) is 10.2 Å². The molecule has 2 atom stereocenters. The van der Waals surface area contributed by atoms with Crippen LogP contribution < -0.4 is 15.4 Å². The van der Waals surface area contributed by atoms with Gasteiger partial charge in [0.05, 0.1) is 22.7 Å². The lowest BCUT2D eigenvalue weighted by Crippen LogP contribution is -2.52. The van der Waals surface area contributed by atoms with E-state index in [1.807, 2.05) is 0 Å². The van der Waals surface area contributed by atoms with Gasteiger partial charge in [0, 0.05) is 10.7 Å². The van der Waals surface area contributed by atoms with Crippen LogP contribution in [0.25, 0.3) is 0 Å². The largest absolute Gasteiger partial charge is 0.491 e. The van der Waals surface area contributed by atoms with Gasteiger partial charge in [0.2, 0.25) is 5.91 Å². The van der Waals surface area contributed by atoms with Gasteiger partial charge in [-0.3, -0.25) is 4.79 Å². The number of fused-ring (bicyclic) bond motifs is 2. The first-order valence-electron chi connectivity index (χ1n) is 9.29. The van der Waals surface area contributed by atoms with E-state index in [9.17, 15) is 9.18 Å². The molecule has 2 aromatic rings. The number of carbonyl (C=O) groups is 1. The fourth-order valence-corrected chi connectivity index (χ4v) is 4.60. The zero-order valence-electron chi connectivity index (χ0n) is 15.8.